The van der Waals surface area contributed by atoms with Gasteiger partial charge < -0.3 is 9.88 Å². The summed E-state index contributed by atoms with van der Waals surface area (Å²) in [6.45, 7) is 3.08. The van der Waals surface area contributed by atoms with E-state index in [1.165, 1.54) is 12.8 Å². The van der Waals surface area contributed by atoms with Crippen molar-refractivity contribution in [3.8, 4) is 11.3 Å². The van der Waals surface area contributed by atoms with Gasteiger partial charge in [0.25, 0.3) is 5.91 Å². The Morgan fingerprint density at radius 1 is 1.31 bits per heavy atom. The number of para-hydroxylation sites is 1. The van der Waals surface area contributed by atoms with Gasteiger partial charge in [-0.1, -0.05) is 36.0 Å². The van der Waals surface area contributed by atoms with Crippen LogP contribution in [0.1, 0.15) is 47.4 Å². The molecule has 0 fully saturated rings. The van der Waals surface area contributed by atoms with Crippen LogP contribution in [0.2, 0.25) is 0 Å². The van der Waals surface area contributed by atoms with E-state index in [0.717, 1.165) is 65.8 Å². The van der Waals surface area contributed by atoms with Crippen molar-refractivity contribution in [2.75, 3.05) is 5.32 Å². The van der Waals surface area contributed by atoms with Gasteiger partial charge >= 0.3 is 0 Å². The fraction of sp³-hybridized carbons (Fsp3) is 0.368. The molecule has 1 aromatic carbocycles. The Bertz CT molecular complexity index is 906. The summed E-state index contributed by atoms with van der Waals surface area (Å²) < 4.78 is 6.17. The lowest BCUT2D eigenvalue weighted by atomic mass is 10.1. The lowest BCUT2D eigenvalue weighted by Crippen LogP contribution is -2.13. The van der Waals surface area contributed by atoms with E-state index < -0.39 is 0 Å². The predicted molar refractivity (Wildman–Crippen MR) is 102 cm³/mol. The highest BCUT2D eigenvalue weighted by Gasteiger charge is 2.19. The number of benzene rings is 1. The summed E-state index contributed by atoms with van der Waals surface area (Å²) in [5.74, 6) is 0.976. The molecule has 1 amide bonds. The Kier molecular flexibility index (Phi) is 4.79. The van der Waals surface area contributed by atoms with Crippen LogP contribution in [0.15, 0.2) is 30.5 Å². The molecule has 1 aliphatic heterocycles. The molecule has 0 unspecified atom stereocenters. The molecule has 0 aliphatic carbocycles. The molecule has 0 saturated heterocycles. The second-order valence-electron chi connectivity index (χ2n) is 6.49. The van der Waals surface area contributed by atoms with Crippen LogP contribution in [-0.4, -0.2) is 25.0 Å². The minimum atomic E-state index is -0.153. The lowest BCUT2D eigenvalue weighted by molar-refractivity contribution is 0.102. The minimum absolute atomic E-state index is 0.153. The number of aryl methyl sites for hydroxylation is 3. The number of amides is 1. The third kappa shape index (κ3) is 3.26. The van der Waals surface area contributed by atoms with E-state index >= 15 is 0 Å². The fourth-order valence-corrected chi connectivity index (χ4v) is 3.92. The first kappa shape index (κ1) is 16.9. The summed E-state index contributed by atoms with van der Waals surface area (Å²) in [5, 5.41) is 7.12. The number of carbonyl (C=O) groups is 1. The lowest BCUT2D eigenvalue weighted by Gasteiger charge is -2.11. The Balaban J connectivity index is 1.63. The zero-order valence-corrected chi connectivity index (χ0v) is 15.6. The molecule has 0 spiro atoms. The molecule has 0 atom stereocenters. The quantitative estimate of drug-likeness (QED) is 0.741. The van der Waals surface area contributed by atoms with Crippen LogP contribution in [0.25, 0.3) is 11.3 Å². The van der Waals surface area contributed by atoms with Crippen molar-refractivity contribution in [1.82, 2.24) is 19.1 Å². The van der Waals surface area contributed by atoms with E-state index in [1.807, 2.05) is 24.3 Å². The number of nitrogens with zero attached hydrogens (tertiary/aromatic N) is 4. The summed E-state index contributed by atoms with van der Waals surface area (Å²) in [6, 6.07) is 7.81. The zero-order valence-electron chi connectivity index (χ0n) is 14.7. The number of hydrogen-bond acceptors (Lipinski definition) is 5. The Morgan fingerprint density at radius 3 is 3.04 bits per heavy atom. The third-order valence-corrected chi connectivity index (χ3v) is 5.38. The molecular weight excluding hydrogens is 346 g/mol. The van der Waals surface area contributed by atoms with Gasteiger partial charge in [0.05, 0.1) is 17.1 Å². The summed E-state index contributed by atoms with van der Waals surface area (Å²) >= 11 is 1.15. The molecule has 0 bridgehead atoms. The van der Waals surface area contributed by atoms with Crippen molar-refractivity contribution >= 4 is 23.1 Å². The number of hydrogen-bond donors (Lipinski definition) is 1. The summed E-state index contributed by atoms with van der Waals surface area (Å²) in [5.41, 5.74) is 3.39. The molecule has 26 heavy (non-hydrogen) atoms. The van der Waals surface area contributed by atoms with Crippen LogP contribution in [0, 0.1) is 0 Å². The highest BCUT2D eigenvalue weighted by atomic mass is 32.1. The van der Waals surface area contributed by atoms with Crippen LogP contribution in [0.4, 0.5) is 5.69 Å². The average Bonchev–Trinajstić information content (AvgIpc) is 3.29. The normalized spacial score (nSPS) is 13.4. The molecule has 134 valence electrons. The fourth-order valence-electron chi connectivity index (χ4n) is 3.32. The molecular formula is C19H21N5OS. The largest absolute Gasteiger partial charge is 0.334 e. The van der Waals surface area contributed by atoms with Gasteiger partial charge in [-0.05, 0) is 36.9 Å². The Morgan fingerprint density at radius 2 is 2.19 bits per heavy atom. The van der Waals surface area contributed by atoms with Crippen LogP contribution in [0.5, 0.6) is 0 Å². The van der Waals surface area contributed by atoms with Crippen LogP contribution >= 0.6 is 11.5 Å². The second-order valence-corrected chi connectivity index (χ2v) is 7.25. The number of aromatic nitrogens is 4. The second kappa shape index (κ2) is 7.37. The molecule has 0 radical (unpaired) electrons. The molecule has 0 saturated carbocycles. The van der Waals surface area contributed by atoms with E-state index in [0.29, 0.717) is 4.88 Å². The monoisotopic (exact) mass is 367 g/mol. The van der Waals surface area contributed by atoms with Crippen molar-refractivity contribution in [3.63, 3.8) is 0 Å². The first-order valence-electron chi connectivity index (χ1n) is 9.04. The number of rotatable bonds is 5. The number of fused-ring (bicyclic) bond motifs is 1. The maximum absolute atomic E-state index is 12.7. The SMILES string of the molecule is CCCc1nnsc1C(=O)Nc1ccccc1-c1cn2c(n1)CCCC2. The molecule has 2 aromatic heterocycles. The zero-order chi connectivity index (χ0) is 17.9. The van der Waals surface area contributed by atoms with E-state index in [2.05, 4.69) is 32.6 Å². The van der Waals surface area contributed by atoms with Crippen LogP contribution < -0.4 is 5.32 Å². The van der Waals surface area contributed by atoms with E-state index in [1.54, 1.807) is 0 Å². The predicted octanol–water partition coefficient (Wildman–Crippen LogP) is 3.94. The number of imidazole rings is 1. The molecule has 3 heterocycles. The topological polar surface area (TPSA) is 72.7 Å². The molecule has 3 aromatic rings. The molecule has 1 aliphatic rings. The summed E-state index contributed by atoms with van der Waals surface area (Å²) in [6.07, 6.45) is 7.18. The van der Waals surface area contributed by atoms with Crippen molar-refractivity contribution in [2.24, 2.45) is 0 Å². The Hall–Kier alpha value is -2.54. The third-order valence-electron chi connectivity index (χ3n) is 4.61. The van der Waals surface area contributed by atoms with Gasteiger partial charge in [0.2, 0.25) is 0 Å². The number of carbonyl (C=O) groups excluding carboxylic acids is 1. The van der Waals surface area contributed by atoms with Crippen molar-refractivity contribution in [3.05, 3.63) is 46.9 Å². The maximum Gasteiger partial charge on any atom is 0.269 e. The number of anilines is 1. The van der Waals surface area contributed by atoms with Gasteiger partial charge in [0, 0.05) is 24.7 Å². The van der Waals surface area contributed by atoms with E-state index in [4.69, 9.17) is 4.98 Å². The summed E-state index contributed by atoms with van der Waals surface area (Å²) in [7, 11) is 0. The molecule has 4 rings (SSSR count). The number of nitrogens with one attached hydrogen (secondary N) is 1. The van der Waals surface area contributed by atoms with Crippen molar-refractivity contribution in [1.29, 1.82) is 0 Å². The Labute approximate surface area is 156 Å². The maximum atomic E-state index is 12.7. The smallest absolute Gasteiger partial charge is 0.269 e. The van der Waals surface area contributed by atoms with Gasteiger partial charge in [-0.2, -0.15) is 0 Å². The van der Waals surface area contributed by atoms with Crippen molar-refractivity contribution in [2.45, 2.75) is 45.6 Å². The first-order valence-corrected chi connectivity index (χ1v) is 9.81. The minimum Gasteiger partial charge on any atom is -0.334 e. The van der Waals surface area contributed by atoms with Crippen LogP contribution in [-0.2, 0) is 19.4 Å². The molecule has 6 nitrogen and oxygen atoms in total. The van der Waals surface area contributed by atoms with Gasteiger partial charge in [0.15, 0.2) is 0 Å². The van der Waals surface area contributed by atoms with Gasteiger partial charge in [0.1, 0.15) is 10.7 Å². The van der Waals surface area contributed by atoms with Crippen molar-refractivity contribution < 1.29 is 4.79 Å². The van der Waals surface area contributed by atoms with Gasteiger partial charge in [-0.3, -0.25) is 4.79 Å². The highest BCUT2D eigenvalue weighted by molar-refractivity contribution is 7.08. The van der Waals surface area contributed by atoms with E-state index in [-0.39, 0.29) is 5.91 Å². The van der Waals surface area contributed by atoms with Gasteiger partial charge in [-0.15, -0.1) is 5.10 Å². The van der Waals surface area contributed by atoms with E-state index in [9.17, 15) is 4.79 Å². The van der Waals surface area contributed by atoms with Gasteiger partial charge in [-0.25, -0.2) is 4.98 Å². The molecule has 1 N–H and O–H groups in total. The standard InChI is InChI=1S/C19H21N5OS/c1-2-7-15-18(26-23-22-15)19(25)21-14-9-4-3-8-13(14)16-12-24-11-6-5-10-17(24)20-16/h3-4,8-9,12H,2,5-7,10-11H2,1H3,(H,21,25). The first-order chi connectivity index (χ1) is 12.8. The van der Waals surface area contributed by atoms with Crippen LogP contribution in [0.3, 0.4) is 0 Å². The highest BCUT2D eigenvalue weighted by Crippen LogP contribution is 2.29. The average molecular weight is 367 g/mol. The summed E-state index contributed by atoms with van der Waals surface area (Å²) in [4.78, 5) is 18.1. The molecule has 7 heteroatoms.